The summed E-state index contributed by atoms with van der Waals surface area (Å²) < 4.78 is 5.09. The summed E-state index contributed by atoms with van der Waals surface area (Å²) in [6.07, 6.45) is 2.97. The van der Waals surface area contributed by atoms with Crippen LogP contribution in [0, 0.1) is 0 Å². The van der Waals surface area contributed by atoms with Crippen molar-refractivity contribution >= 4 is 0 Å². The van der Waals surface area contributed by atoms with Crippen molar-refractivity contribution in [3.63, 3.8) is 0 Å². The van der Waals surface area contributed by atoms with Crippen LogP contribution in [0.3, 0.4) is 0 Å². The maximum absolute atomic E-state index is 5.09. The molecule has 0 amide bonds. The van der Waals surface area contributed by atoms with E-state index in [4.69, 9.17) is 4.74 Å². The summed E-state index contributed by atoms with van der Waals surface area (Å²) >= 11 is 0. The Morgan fingerprint density at radius 3 is 2.46 bits per heavy atom. The quantitative estimate of drug-likeness (QED) is 0.639. The fourth-order valence-electron chi connectivity index (χ4n) is 1.32. The Bertz CT molecular complexity index is 261. The molecule has 0 heterocycles. The summed E-state index contributed by atoms with van der Waals surface area (Å²) in [6.45, 7) is 5.93. The molecule has 1 atom stereocenters. The monoisotopic (exact) mass is 176 g/mol. The highest BCUT2D eigenvalue weighted by Gasteiger charge is 2.02. The molecule has 0 aromatic heterocycles. The predicted molar refractivity (Wildman–Crippen MR) is 56.2 cm³/mol. The summed E-state index contributed by atoms with van der Waals surface area (Å²) in [4.78, 5) is 0. The summed E-state index contributed by atoms with van der Waals surface area (Å²) in [5, 5.41) is 0. The molecule has 70 valence electrons. The van der Waals surface area contributed by atoms with Crippen LogP contribution in [0.4, 0.5) is 0 Å². The van der Waals surface area contributed by atoms with Crippen LogP contribution in [-0.4, -0.2) is 7.11 Å². The summed E-state index contributed by atoms with van der Waals surface area (Å²) in [6, 6.07) is 8.20. The van der Waals surface area contributed by atoms with E-state index in [0.717, 1.165) is 12.2 Å². The van der Waals surface area contributed by atoms with Gasteiger partial charge < -0.3 is 4.74 Å². The Hall–Kier alpha value is -1.24. The van der Waals surface area contributed by atoms with E-state index in [0.29, 0.717) is 5.92 Å². The molecule has 0 aliphatic carbocycles. The molecule has 1 aromatic rings. The van der Waals surface area contributed by atoms with Crippen molar-refractivity contribution in [1.82, 2.24) is 0 Å². The third kappa shape index (κ3) is 2.62. The van der Waals surface area contributed by atoms with Crippen molar-refractivity contribution in [3.8, 4) is 5.75 Å². The van der Waals surface area contributed by atoms with Crippen LogP contribution in [-0.2, 0) is 0 Å². The molecular weight excluding hydrogens is 160 g/mol. The zero-order valence-corrected chi connectivity index (χ0v) is 8.29. The molecule has 0 aliphatic heterocycles. The van der Waals surface area contributed by atoms with Crippen LogP contribution < -0.4 is 4.74 Å². The lowest BCUT2D eigenvalue weighted by Crippen LogP contribution is -1.91. The van der Waals surface area contributed by atoms with E-state index in [1.54, 1.807) is 7.11 Å². The molecule has 0 spiro atoms. The number of allylic oxidation sites excluding steroid dienone is 1. The highest BCUT2D eigenvalue weighted by atomic mass is 16.5. The standard InChI is InChI=1S/C12H16O/c1-4-5-10(2)11-6-8-12(13-3)9-7-11/h4,6-10H,1,5H2,2-3H3. The van der Waals surface area contributed by atoms with Gasteiger partial charge in [0.25, 0.3) is 0 Å². The van der Waals surface area contributed by atoms with Crippen LogP contribution in [0.1, 0.15) is 24.8 Å². The van der Waals surface area contributed by atoms with Gasteiger partial charge in [0.2, 0.25) is 0 Å². The first-order chi connectivity index (χ1) is 6.27. The minimum Gasteiger partial charge on any atom is -0.497 e. The van der Waals surface area contributed by atoms with Crippen molar-refractivity contribution in [3.05, 3.63) is 42.5 Å². The highest BCUT2D eigenvalue weighted by Crippen LogP contribution is 2.21. The number of rotatable bonds is 4. The van der Waals surface area contributed by atoms with E-state index in [1.165, 1.54) is 5.56 Å². The van der Waals surface area contributed by atoms with E-state index in [9.17, 15) is 0 Å². The Morgan fingerprint density at radius 1 is 1.38 bits per heavy atom. The third-order valence-corrected chi connectivity index (χ3v) is 2.21. The van der Waals surface area contributed by atoms with E-state index in [2.05, 4.69) is 25.6 Å². The molecule has 1 nitrogen and oxygen atoms in total. The molecule has 0 N–H and O–H groups in total. The third-order valence-electron chi connectivity index (χ3n) is 2.21. The molecule has 0 saturated carbocycles. The molecule has 0 aliphatic rings. The molecular formula is C12H16O. The van der Waals surface area contributed by atoms with Crippen LogP contribution in [0.5, 0.6) is 5.75 Å². The van der Waals surface area contributed by atoms with E-state index >= 15 is 0 Å². The number of ether oxygens (including phenoxy) is 1. The van der Waals surface area contributed by atoms with E-state index in [1.807, 2.05) is 18.2 Å². The number of hydrogen-bond donors (Lipinski definition) is 0. The van der Waals surface area contributed by atoms with E-state index in [-0.39, 0.29) is 0 Å². The molecule has 1 rings (SSSR count). The minimum atomic E-state index is 0.545. The first kappa shape index (κ1) is 9.85. The number of benzene rings is 1. The molecule has 1 unspecified atom stereocenters. The molecule has 0 radical (unpaired) electrons. The van der Waals surface area contributed by atoms with Crippen molar-refractivity contribution in [1.29, 1.82) is 0 Å². The molecule has 13 heavy (non-hydrogen) atoms. The van der Waals surface area contributed by atoms with Gasteiger partial charge in [-0.1, -0.05) is 25.1 Å². The maximum atomic E-state index is 5.09. The van der Waals surface area contributed by atoms with Crippen LogP contribution in [0.25, 0.3) is 0 Å². The van der Waals surface area contributed by atoms with Gasteiger partial charge in [0.05, 0.1) is 7.11 Å². The van der Waals surface area contributed by atoms with Gasteiger partial charge in [-0.15, -0.1) is 6.58 Å². The van der Waals surface area contributed by atoms with Gasteiger partial charge in [-0.2, -0.15) is 0 Å². The van der Waals surface area contributed by atoms with Crippen molar-refractivity contribution < 1.29 is 4.74 Å². The summed E-state index contributed by atoms with van der Waals surface area (Å²) in [5.74, 6) is 1.46. The van der Waals surface area contributed by atoms with E-state index < -0.39 is 0 Å². The molecule has 1 aromatic carbocycles. The minimum absolute atomic E-state index is 0.545. The molecule has 1 heteroatoms. The Morgan fingerprint density at radius 2 is 2.00 bits per heavy atom. The number of hydrogen-bond acceptors (Lipinski definition) is 1. The van der Waals surface area contributed by atoms with Crippen molar-refractivity contribution in [2.75, 3.05) is 7.11 Å². The Labute approximate surface area is 80.0 Å². The second-order valence-electron chi connectivity index (χ2n) is 3.20. The first-order valence-electron chi connectivity index (χ1n) is 4.52. The topological polar surface area (TPSA) is 9.23 Å². The largest absolute Gasteiger partial charge is 0.497 e. The lowest BCUT2D eigenvalue weighted by atomic mass is 9.98. The lowest BCUT2D eigenvalue weighted by Gasteiger charge is -2.09. The lowest BCUT2D eigenvalue weighted by molar-refractivity contribution is 0.414. The maximum Gasteiger partial charge on any atom is 0.118 e. The van der Waals surface area contributed by atoms with Crippen LogP contribution in [0.15, 0.2) is 36.9 Å². The van der Waals surface area contributed by atoms with Crippen LogP contribution in [0.2, 0.25) is 0 Å². The second kappa shape index (κ2) is 4.70. The fourth-order valence-corrected chi connectivity index (χ4v) is 1.32. The average Bonchev–Trinajstić information content (AvgIpc) is 2.18. The fraction of sp³-hybridized carbons (Fsp3) is 0.333. The molecule has 0 saturated heterocycles. The zero-order valence-electron chi connectivity index (χ0n) is 8.29. The summed E-state index contributed by atoms with van der Waals surface area (Å²) in [7, 11) is 1.68. The average molecular weight is 176 g/mol. The Kier molecular flexibility index (Phi) is 3.56. The van der Waals surface area contributed by atoms with Gasteiger partial charge in [-0.3, -0.25) is 0 Å². The van der Waals surface area contributed by atoms with Crippen molar-refractivity contribution in [2.24, 2.45) is 0 Å². The molecule has 0 fully saturated rings. The summed E-state index contributed by atoms with van der Waals surface area (Å²) in [5.41, 5.74) is 1.33. The predicted octanol–water partition coefficient (Wildman–Crippen LogP) is 3.37. The van der Waals surface area contributed by atoms with Gasteiger partial charge in [0.1, 0.15) is 5.75 Å². The van der Waals surface area contributed by atoms with Gasteiger partial charge in [-0.05, 0) is 30.0 Å². The van der Waals surface area contributed by atoms with Crippen molar-refractivity contribution in [2.45, 2.75) is 19.3 Å². The number of methoxy groups -OCH3 is 1. The normalized spacial score (nSPS) is 12.2. The SMILES string of the molecule is C=CCC(C)c1ccc(OC)cc1. The van der Waals surface area contributed by atoms with Gasteiger partial charge in [-0.25, -0.2) is 0 Å². The zero-order chi connectivity index (χ0) is 9.68. The Balaban J connectivity index is 2.73. The molecule has 0 bridgehead atoms. The van der Waals surface area contributed by atoms with Gasteiger partial charge in [0.15, 0.2) is 0 Å². The first-order valence-corrected chi connectivity index (χ1v) is 4.52. The smallest absolute Gasteiger partial charge is 0.118 e. The van der Waals surface area contributed by atoms with Gasteiger partial charge in [0, 0.05) is 0 Å². The second-order valence-corrected chi connectivity index (χ2v) is 3.20. The van der Waals surface area contributed by atoms with Crippen LogP contribution >= 0.6 is 0 Å². The van der Waals surface area contributed by atoms with Gasteiger partial charge >= 0.3 is 0 Å². The highest BCUT2D eigenvalue weighted by molar-refractivity contribution is 5.29.